The van der Waals surface area contributed by atoms with Gasteiger partial charge in [-0.05, 0) is 68.5 Å². The summed E-state index contributed by atoms with van der Waals surface area (Å²) in [6.45, 7) is 1.80. The predicted octanol–water partition coefficient (Wildman–Crippen LogP) is 0.338. The molecule has 0 heterocycles. The largest absolute Gasteiger partial charge is 0.357 e. The monoisotopic (exact) mass is 310 g/mol. The van der Waals surface area contributed by atoms with E-state index in [9.17, 15) is 4.79 Å². The predicted molar refractivity (Wildman–Crippen MR) is 87.0 cm³/mol. The lowest BCUT2D eigenvalue weighted by Crippen LogP contribution is -3.06. The minimum atomic E-state index is -0.104. The summed E-state index contributed by atoms with van der Waals surface area (Å²) in [6.07, 6.45) is 7.36. The molecule has 0 aromatic rings. The number of carbonyl (C=O) groups is 1. The molecule has 4 fully saturated rings. The van der Waals surface area contributed by atoms with Crippen LogP contribution in [0.4, 0.5) is 0 Å². The Hall–Kier alpha value is -0.680. The van der Waals surface area contributed by atoms with E-state index in [0.717, 1.165) is 50.1 Å². The summed E-state index contributed by atoms with van der Waals surface area (Å²) in [5, 5.41) is 6.65. The Balaban J connectivity index is 1.54. The van der Waals surface area contributed by atoms with Crippen molar-refractivity contribution in [2.24, 2.45) is 23.2 Å². The number of carbonyl (C=O) groups excluding carboxylic acids is 1. The number of hydrogen-bond donors (Lipinski definition) is 3. The van der Waals surface area contributed by atoms with E-state index in [-0.39, 0.29) is 11.3 Å². The first-order valence-electron chi connectivity index (χ1n) is 8.35. The molecular formula is C16H28N3OS+. The minimum Gasteiger partial charge on any atom is -0.357 e. The summed E-state index contributed by atoms with van der Waals surface area (Å²) in [5.41, 5.74) is -0.104. The van der Waals surface area contributed by atoms with Crippen LogP contribution < -0.4 is 15.5 Å². The van der Waals surface area contributed by atoms with Gasteiger partial charge in [0.05, 0.1) is 32.6 Å². The van der Waals surface area contributed by atoms with Crippen molar-refractivity contribution in [3.05, 3.63) is 0 Å². The fourth-order valence-corrected chi connectivity index (χ4v) is 5.29. The van der Waals surface area contributed by atoms with Crippen LogP contribution in [-0.4, -0.2) is 38.2 Å². The Morgan fingerprint density at radius 2 is 1.67 bits per heavy atom. The van der Waals surface area contributed by atoms with Gasteiger partial charge in [0.25, 0.3) is 0 Å². The zero-order chi connectivity index (χ0) is 15.0. The number of thiocarbonyl (C=S) groups is 1. The Morgan fingerprint density at radius 3 is 2.14 bits per heavy atom. The lowest BCUT2D eigenvalue weighted by atomic mass is 9.49. The normalized spacial score (nSPS) is 36.8. The van der Waals surface area contributed by atoms with Crippen LogP contribution in [-0.2, 0) is 4.79 Å². The number of amides is 1. The number of quaternary nitrogens is 1. The molecule has 5 heteroatoms. The van der Waals surface area contributed by atoms with Crippen molar-refractivity contribution in [3.63, 3.8) is 0 Å². The first-order valence-corrected chi connectivity index (χ1v) is 8.76. The summed E-state index contributed by atoms with van der Waals surface area (Å²) in [5.74, 6) is 2.57. The van der Waals surface area contributed by atoms with Crippen molar-refractivity contribution < 1.29 is 9.69 Å². The molecule has 0 aliphatic heterocycles. The molecule has 0 atom stereocenters. The van der Waals surface area contributed by atoms with Gasteiger partial charge in [0.1, 0.15) is 0 Å². The molecule has 0 unspecified atom stereocenters. The molecule has 4 aliphatic carbocycles. The van der Waals surface area contributed by atoms with Gasteiger partial charge in [0.2, 0.25) is 5.91 Å². The molecular weight excluding hydrogens is 282 g/mol. The van der Waals surface area contributed by atoms with E-state index in [1.54, 1.807) is 0 Å². The summed E-state index contributed by atoms with van der Waals surface area (Å²) >= 11 is 5.28. The second-order valence-corrected chi connectivity index (χ2v) is 8.27. The van der Waals surface area contributed by atoms with Gasteiger partial charge in [-0.3, -0.25) is 4.79 Å². The molecule has 4 aliphatic rings. The van der Waals surface area contributed by atoms with Gasteiger partial charge in [-0.2, -0.15) is 0 Å². The lowest BCUT2D eigenvalue weighted by Gasteiger charge is -2.55. The minimum absolute atomic E-state index is 0.104. The third kappa shape index (κ3) is 3.24. The molecule has 3 N–H and O–H groups in total. The molecule has 118 valence electrons. The zero-order valence-electron chi connectivity index (χ0n) is 13.2. The van der Waals surface area contributed by atoms with Crippen LogP contribution in [0, 0.1) is 23.2 Å². The zero-order valence-corrected chi connectivity index (χ0v) is 14.0. The van der Waals surface area contributed by atoms with Crippen LogP contribution in [0.1, 0.15) is 38.5 Å². The average Bonchev–Trinajstić information content (AvgIpc) is 2.36. The molecule has 0 saturated heterocycles. The highest BCUT2D eigenvalue weighted by Gasteiger charge is 2.54. The van der Waals surface area contributed by atoms with Crippen LogP contribution in [0.15, 0.2) is 0 Å². The van der Waals surface area contributed by atoms with Gasteiger partial charge in [-0.15, -0.1) is 0 Å². The SMILES string of the molecule is C[NH+](C)CCNC(=S)NC(=O)C12CC3CC(CC(C3)C1)C2. The van der Waals surface area contributed by atoms with Gasteiger partial charge >= 0.3 is 0 Å². The van der Waals surface area contributed by atoms with E-state index in [1.807, 2.05) is 0 Å². The van der Waals surface area contributed by atoms with Crippen LogP contribution in [0.3, 0.4) is 0 Å². The molecule has 4 rings (SSSR count). The fourth-order valence-electron chi connectivity index (χ4n) is 5.09. The maximum atomic E-state index is 12.8. The number of hydrogen-bond acceptors (Lipinski definition) is 2. The highest BCUT2D eigenvalue weighted by molar-refractivity contribution is 7.80. The Morgan fingerprint density at radius 1 is 1.14 bits per heavy atom. The summed E-state index contributed by atoms with van der Waals surface area (Å²) < 4.78 is 0. The first kappa shape index (κ1) is 15.2. The molecule has 1 amide bonds. The van der Waals surface area contributed by atoms with Gasteiger partial charge in [0.15, 0.2) is 5.11 Å². The van der Waals surface area contributed by atoms with Crippen molar-refractivity contribution in [2.75, 3.05) is 27.2 Å². The fraction of sp³-hybridized carbons (Fsp3) is 0.875. The van der Waals surface area contributed by atoms with Crippen LogP contribution in [0.2, 0.25) is 0 Å². The molecule has 4 bridgehead atoms. The number of nitrogens with one attached hydrogen (secondary N) is 3. The quantitative estimate of drug-likeness (QED) is 0.656. The summed E-state index contributed by atoms with van der Waals surface area (Å²) in [6, 6.07) is 0. The van der Waals surface area contributed by atoms with Crippen LogP contribution >= 0.6 is 12.2 Å². The Kier molecular flexibility index (Phi) is 4.23. The van der Waals surface area contributed by atoms with Gasteiger partial charge in [-0.1, -0.05) is 0 Å². The molecule has 0 radical (unpaired) electrons. The average molecular weight is 310 g/mol. The molecule has 0 spiro atoms. The van der Waals surface area contributed by atoms with Crippen molar-refractivity contribution in [3.8, 4) is 0 Å². The molecule has 4 saturated carbocycles. The van der Waals surface area contributed by atoms with Crippen LogP contribution in [0.5, 0.6) is 0 Å². The van der Waals surface area contributed by atoms with E-state index in [4.69, 9.17) is 12.2 Å². The molecule has 0 aromatic heterocycles. The van der Waals surface area contributed by atoms with Crippen molar-refractivity contribution >= 4 is 23.2 Å². The smallest absolute Gasteiger partial charge is 0.232 e. The Bertz CT molecular complexity index is 400. The molecule has 0 aromatic carbocycles. The number of likely N-dealkylation sites (N-methyl/N-ethyl adjacent to an activating group) is 1. The third-order valence-electron chi connectivity index (χ3n) is 5.66. The highest BCUT2D eigenvalue weighted by atomic mass is 32.1. The standard InChI is InChI=1S/C16H27N3OS/c1-19(2)4-3-17-15(21)18-14(20)16-8-11-5-12(9-16)7-13(6-11)10-16/h11-13H,3-10H2,1-2H3,(H2,17,18,20,21)/p+1. The first-order chi connectivity index (χ1) is 9.97. The molecule has 21 heavy (non-hydrogen) atoms. The summed E-state index contributed by atoms with van der Waals surface area (Å²) in [7, 11) is 4.22. The lowest BCUT2D eigenvalue weighted by molar-refractivity contribution is -0.856. The summed E-state index contributed by atoms with van der Waals surface area (Å²) in [4.78, 5) is 14.1. The van der Waals surface area contributed by atoms with Crippen LogP contribution in [0.25, 0.3) is 0 Å². The maximum Gasteiger partial charge on any atom is 0.232 e. The second-order valence-electron chi connectivity index (χ2n) is 7.87. The van der Waals surface area contributed by atoms with Gasteiger partial charge in [-0.25, -0.2) is 0 Å². The topological polar surface area (TPSA) is 45.6 Å². The molecule has 4 nitrogen and oxygen atoms in total. The number of rotatable bonds is 4. The van der Waals surface area contributed by atoms with E-state index >= 15 is 0 Å². The Labute approximate surface area is 133 Å². The second kappa shape index (κ2) is 5.84. The van der Waals surface area contributed by atoms with E-state index < -0.39 is 0 Å². The van der Waals surface area contributed by atoms with Crippen molar-refractivity contribution in [1.29, 1.82) is 0 Å². The maximum absolute atomic E-state index is 12.8. The van der Waals surface area contributed by atoms with Crippen molar-refractivity contribution in [1.82, 2.24) is 10.6 Å². The van der Waals surface area contributed by atoms with E-state index in [2.05, 4.69) is 24.7 Å². The highest BCUT2D eigenvalue weighted by Crippen LogP contribution is 2.60. The van der Waals surface area contributed by atoms with Gasteiger partial charge < -0.3 is 15.5 Å². The van der Waals surface area contributed by atoms with E-state index in [1.165, 1.54) is 24.2 Å². The van der Waals surface area contributed by atoms with E-state index in [0.29, 0.717) is 5.11 Å². The third-order valence-corrected chi connectivity index (χ3v) is 5.90. The van der Waals surface area contributed by atoms with Gasteiger partial charge in [0, 0.05) is 0 Å². The van der Waals surface area contributed by atoms with Crippen molar-refractivity contribution in [2.45, 2.75) is 38.5 Å².